The summed E-state index contributed by atoms with van der Waals surface area (Å²) in [6.45, 7) is 6.42. The van der Waals surface area contributed by atoms with Crippen molar-refractivity contribution in [3.63, 3.8) is 0 Å². The molecule has 0 saturated heterocycles. The highest BCUT2D eigenvalue weighted by molar-refractivity contribution is 7.99. The fourth-order valence-corrected chi connectivity index (χ4v) is 3.31. The van der Waals surface area contributed by atoms with Crippen LogP contribution in [-0.2, 0) is 19.7 Å². The number of nitrogens with one attached hydrogen (secondary N) is 1. The Hall–Kier alpha value is -1.49. The van der Waals surface area contributed by atoms with Gasteiger partial charge in [-0.2, -0.15) is 0 Å². The first-order valence-corrected chi connectivity index (χ1v) is 9.00. The van der Waals surface area contributed by atoms with Crippen molar-refractivity contribution in [3.8, 4) is 0 Å². The lowest BCUT2D eigenvalue weighted by molar-refractivity contribution is -0.137. The molecule has 0 saturated carbocycles. The lowest BCUT2D eigenvalue weighted by atomic mass is 9.79. The molecule has 0 aliphatic carbocycles. The molecule has 1 aromatic rings. The molecule has 1 amide bonds. The predicted molar refractivity (Wildman–Crippen MR) is 95.6 cm³/mol. The van der Waals surface area contributed by atoms with Gasteiger partial charge in [-0.05, 0) is 24.3 Å². The Bertz CT molecular complexity index is 502. The number of rotatable bonds is 9. The molecule has 4 nitrogen and oxygen atoms in total. The normalized spacial score (nSPS) is 12.5. The minimum Gasteiger partial charge on any atom is -0.468 e. The molecule has 0 aliphatic heterocycles. The van der Waals surface area contributed by atoms with Crippen molar-refractivity contribution in [2.24, 2.45) is 0 Å². The summed E-state index contributed by atoms with van der Waals surface area (Å²) in [5.41, 5.74) is 1.28. The number of hydrogen-bond donors (Lipinski definition) is 1. The van der Waals surface area contributed by atoms with E-state index in [4.69, 9.17) is 0 Å². The summed E-state index contributed by atoms with van der Waals surface area (Å²) in [6.07, 6.45) is 1.29. The minimum absolute atomic E-state index is 0.00753. The van der Waals surface area contributed by atoms with Crippen LogP contribution in [0.15, 0.2) is 30.3 Å². The number of thioether (sulfide) groups is 1. The smallest absolute Gasteiger partial charge is 0.315 e. The van der Waals surface area contributed by atoms with E-state index in [-0.39, 0.29) is 23.3 Å². The molecule has 0 radical (unpaired) electrons. The second-order valence-corrected chi connectivity index (χ2v) is 7.41. The first-order chi connectivity index (χ1) is 10.8. The third-order valence-corrected chi connectivity index (χ3v) is 4.63. The molecule has 1 atom stereocenters. The summed E-state index contributed by atoms with van der Waals surface area (Å²) < 4.78 is 4.56. The van der Waals surface area contributed by atoms with E-state index in [1.54, 1.807) is 0 Å². The zero-order chi connectivity index (χ0) is 17.3. The highest BCUT2D eigenvalue weighted by Gasteiger charge is 2.23. The van der Waals surface area contributed by atoms with Gasteiger partial charge in [-0.1, -0.05) is 44.2 Å². The van der Waals surface area contributed by atoms with Crippen molar-refractivity contribution in [2.75, 3.05) is 18.6 Å². The quantitative estimate of drug-likeness (QED) is 0.555. The van der Waals surface area contributed by atoms with Gasteiger partial charge in [0.25, 0.3) is 0 Å². The number of amides is 1. The van der Waals surface area contributed by atoms with Crippen LogP contribution in [0.1, 0.15) is 39.2 Å². The largest absolute Gasteiger partial charge is 0.468 e. The summed E-state index contributed by atoms with van der Waals surface area (Å²) in [5.74, 6) is 0.683. The second kappa shape index (κ2) is 9.60. The van der Waals surface area contributed by atoms with Crippen LogP contribution in [0.25, 0.3) is 0 Å². The van der Waals surface area contributed by atoms with Crippen LogP contribution in [0.3, 0.4) is 0 Å². The van der Waals surface area contributed by atoms with Gasteiger partial charge in [0.1, 0.15) is 0 Å². The van der Waals surface area contributed by atoms with Crippen LogP contribution >= 0.6 is 11.8 Å². The first-order valence-electron chi connectivity index (χ1n) is 7.84. The molecular formula is C18H27NO3S. The fourth-order valence-electron chi connectivity index (χ4n) is 2.55. The average Bonchev–Trinajstić information content (AvgIpc) is 2.51. The summed E-state index contributed by atoms with van der Waals surface area (Å²) >= 11 is 1.42. The van der Waals surface area contributed by atoms with E-state index in [0.29, 0.717) is 17.9 Å². The molecule has 0 spiro atoms. The molecule has 1 N–H and O–H groups in total. The molecule has 0 aliphatic rings. The SMILES string of the molecule is COC(=O)CSCCC(=O)NC(C)CC(C)(C)c1ccccc1. The average molecular weight is 337 g/mol. The predicted octanol–water partition coefficient (Wildman–Crippen LogP) is 3.16. The van der Waals surface area contributed by atoms with E-state index in [1.807, 2.05) is 25.1 Å². The molecule has 5 heteroatoms. The monoisotopic (exact) mass is 337 g/mol. The van der Waals surface area contributed by atoms with Crippen molar-refractivity contribution < 1.29 is 14.3 Å². The molecule has 0 heterocycles. The Balaban J connectivity index is 2.34. The van der Waals surface area contributed by atoms with Crippen LogP contribution in [0.4, 0.5) is 0 Å². The fraction of sp³-hybridized carbons (Fsp3) is 0.556. The Kier molecular flexibility index (Phi) is 8.17. The molecule has 1 aromatic carbocycles. The second-order valence-electron chi connectivity index (χ2n) is 6.30. The lowest BCUT2D eigenvalue weighted by Gasteiger charge is -2.29. The Morgan fingerprint density at radius 1 is 1.26 bits per heavy atom. The molecule has 0 aromatic heterocycles. The van der Waals surface area contributed by atoms with Crippen molar-refractivity contribution in [2.45, 2.75) is 45.1 Å². The molecule has 0 bridgehead atoms. The number of esters is 1. The summed E-state index contributed by atoms with van der Waals surface area (Å²) in [5, 5.41) is 3.04. The van der Waals surface area contributed by atoms with Gasteiger partial charge in [0.2, 0.25) is 5.91 Å². The molecular weight excluding hydrogens is 310 g/mol. The summed E-state index contributed by atoms with van der Waals surface area (Å²) in [4.78, 5) is 22.9. The number of carbonyl (C=O) groups is 2. The van der Waals surface area contributed by atoms with Gasteiger partial charge in [0.15, 0.2) is 0 Å². The Morgan fingerprint density at radius 2 is 1.91 bits per heavy atom. The third-order valence-electron chi connectivity index (χ3n) is 3.70. The highest BCUT2D eigenvalue weighted by atomic mass is 32.2. The number of benzene rings is 1. The standard InChI is InChI=1S/C18H27NO3S/c1-14(12-18(2,3)15-8-6-5-7-9-15)19-16(20)10-11-23-13-17(21)22-4/h5-9,14H,10-13H2,1-4H3,(H,19,20). The number of methoxy groups -OCH3 is 1. The van der Waals surface area contributed by atoms with Gasteiger partial charge in [-0.25, -0.2) is 0 Å². The van der Waals surface area contributed by atoms with Gasteiger partial charge in [0.05, 0.1) is 12.9 Å². The summed E-state index contributed by atoms with van der Waals surface area (Å²) in [7, 11) is 1.37. The zero-order valence-corrected chi connectivity index (χ0v) is 15.2. The van der Waals surface area contributed by atoms with Crippen LogP contribution in [0.5, 0.6) is 0 Å². The summed E-state index contributed by atoms with van der Waals surface area (Å²) in [6, 6.07) is 10.4. The van der Waals surface area contributed by atoms with Crippen molar-refractivity contribution in [1.82, 2.24) is 5.32 Å². The first kappa shape index (κ1) is 19.6. The van der Waals surface area contributed by atoms with E-state index >= 15 is 0 Å². The highest BCUT2D eigenvalue weighted by Crippen LogP contribution is 2.28. The van der Waals surface area contributed by atoms with Gasteiger partial charge < -0.3 is 10.1 Å². The lowest BCUT2D eigenvalue weighted by Crippen LogP contribution is -2.37. The Morgan fingerprint density at radius 3 is 2.52 bits per heavy atom. The molecule has 23 heavy (non-hydrogen) atoms. The number of hydrogen-bond acceptors (Lipinski definition) is 4. The number of carbonyl (C=O) groups excluding carboxylic acids is 2. The molecule has 0 fully saturated rings. The van der Waals surface area contributed by atoms with Crippen LogP contribution < -0.4 is 5.32 Å². The minimum atomic E-state index is -0.256. The van der Waals surface area contributed by atoms with Crippen molar-refractivity contribution in [3.05, 3.63) is 35.9 Å². The van der Waals surface area contributed by atoms with Crippen LogP contribution in [0, 0.1) is 0 Å². The van der Waals surface area contributed by atoms with Gasteiger partial charge in [-0.15, -0.1) is 11.8 Å². The van der Waals surface area contributed by atoms with E-state index in [9.17, 15) is 9.59 Å². The van der Waals surface area contributed by atoms with E-state index < -0.39 is 0 Å². The Labute approximate surface area is 143 Å². The number of ether oxygens (including phenoxy) is 1. The van der Waals surface area contributed by atoms with Crippen molar-refractivity contribution in [1.29, 1.82) is 0 Å². The van der Waals surface area contributed by atoms with Crippen LogP contribution in [0.2, 0.25) is 0 Å². The molecule has 1 unspecified atom stereocenters. The van der Waals surface area contributed by atoms with E-state index in [1.165, 1.54) is 24.4 Å². The topological polar surface area (TPSA) is 55.4 Å². The third kappa shape index (κ3) is 7.55. The molecule has 128 valence electrons. The maximum Gasteiger partial charge on any atom is 0.315 e. The van der Waals surface area contributed by atoms with E-state index in [0.717, 1.165) is 6.42 Å². The maximum atomic E-state index is 11.9. The van der Waals surface area contributed by atoms with Crippen molar-refractivity contribution >= 4 is 23.6 Å². The van der Waals surface area contributed by atoms with Gasteiger partial charge >= 0.3 is 5.97 Å². The maximum absolute atomic E-state index is 11.9. The zero-order valence-electron chi connectivity index (χ0n) is 14.4. The van der Waals surface area contributed by atoms with E-state index in [2.05, 4.69) is 36.0 Å². The van der Waals surface area contributed by atoms with Gasteiger partial charge in [0, 0.05) is 18.2 Å². The van der Waals surface area contributed by atoms with Gasteiger partial charge in [-0.3, -0.25) is 9.59 Å². The molecule has 1 rings (SSSR count). The van der Waals surface area contributed by atoms with Crippen LogP contribution in [-0.4, -0.2) is 36.5 Å².